The second-order valence-electron chi connectivity index (χ2n) is 2.78. The van der Waals surface area contributed by atoms with Crippen molar-refractivity contribution in [3.05, 3.63) is 60.7 Å². The van der Waals surface area contributed by atoms with Crippen LogP contribution in [0.1, 0.15) is 12.6 Å². The third-order valence-electron chi connectivity index (χ3n) is 1.73. The Morgan fingerprint density at radius 3 is 2.71 bits per heavy atom. The number of nitrogens with zero attached hydrogens (tertiary/aromatic N) is 1. The summed E-state index contributed by atoms with van der Waals surface area (Å²) in [6.45, 7) is 5.30. The average Bonchev–Trinajstić information content (AvgIpc) is 2.20. The Labute approximate surface area is 83.9 Å². The summed E-state index contributed by atoms with van der Waals surface area (Å²) in [6.07, 6.45) is 7.00. The standard InChI is InChI=1S/C12H13NO/c1-3-11(8-7-10(2)14)12-6-4-5-9-13-12/h3-9,14H,2H2,1H3/b8-7-,11-3+. The van der Waals surface area contributed by atoms with E-state index >= 15 is 0 Å². The third-order valence-corrected chi connectivity index (χ3v) is 1.73. The van der Waals surface area contributed by atoms with E-state index in [0.717, 1.165) is 11.3 Å². The molecule has 1 rings (SSSR count). The highest BCUT2D eigenvalue weighted by Crippen LogP contribution is 2.12. The maximum Gasteiger partial charge on any atom is 0.108 e. The minimum absolute atomic E-state index is 0.0419. The second-order valence-corrected chi connectivity index (χ2v) is 2.78. The molecule has 2 nitrogen and oxygen atoms in total. The van der Waals surface area contributed by atoms with E-state index in [9.17, 15) is 0 Å². The van der Waals surface area contributed by atoms with Crippen LogP contribution in [-0.2, 0) is 0 Å². The van der Waals surface area contributed by atoms with Gasteiger partial charge in [0.25, 0.3) is 0 Å². The van der Waals surface area contributed by atoms with E-state index in [1.54, 1.807) is 18.3 Å². The van der Waals surface area contributed by atoms with E-state index in [2.05, 4.69) is 11.6 Å². The molecule has 0 aliphatic heterocycles. The van der Waals surface area contributed by atoms with Gasteiger partial charge < -0.3 is 5.11 Å². The molecule has 1 heterocycles. The van der Waals surface area contributed by atoms with E-state index in [1.807, 2.05) is 31.2 Å². The van der Waals surface area contributed by atoms with Crippen LogP contribution in [0, 0.1) is 0 Å². The first-order valence-corrected chi connectivity index (χ1v) is 4.37. The molecule has 2 heteroatoms. The van der Waals surface area contributed by atoms with Gasteiger partial charge in [-0.1, -0.05) is 18.7 Å². The van der Waals surface area contributed by atoms with Crippen molar-refractivity contribution in [2.24, 2.45) is 0 Å². The van der Waals surface area contributed by atoms with Crippen molar-refractivity contribution in [1.29, 1.82) is 0 Å². The van der Waals surface area contributed by atoms with Gasteiger partial charge in [-0.3, -0.25) is 4.98 Å². The summed E-state index contributed by atoms with van der Waals surface area (Å²) in [5.74, 6) is 0.0419. The Kier molecular flexibility index (Phi) is 3.68. The van der Waals surface area contributed by atoms with Crippen LogP contribution in [0.3, 0.4) is 0 Å². The van der Waals surface area contributed by atoms with Crippen molar-refractivity contribution >= 4 is 5.57 Å². The average molecular weight is 187 g/mol. The minimum Gasteiger partial charge on any atom is -0.509 e. The zero-order valence-corrected chi connectivity index (χ0v) is 8.14. The number of pyridine rings is 1. The van der Waals surface area contributed by atoms with E-state index in [0.29, 0.717) is 0 Å². The molecule has 0 aliphatic carbocycles. The molecule has 0 unspecified atom stereocenters. The van der Waals surface area contributed by atoms with Gasteiger partial charge in [-0.05, 0) is 36.8 Å². The molecule has 1 aromatic rings. The zero-order valence-electron chi connectivity index (χ0n) is 8.14. The molecule has 72 valence electrons. The molecule has 0 spiro atoms. The summed E-state index contributed by atoms with van der Waals surface area (Å²) in [7, 11) is 0. The topological polar surface area (TPSA) is 33.1 Å². The zero-order chi connectivity index (χ0) is 10.4. The molecule has 0 amide bonds. The molecule has 1 aromatic heterocycles. The number of rotatable bonds is 3. The molecule has 0 bridgehead atoms. The largest absolute Gasteiger partial charge is 0.509 e. The molecule has 0 aliphatic rings. The van der Waals surface area contributed by atoms with Crippen molar-refractivity contribution in [3.63, 3.8) is 0 Å². The fraction of sp³-hybridized carbons (Fsp3) is 0.0833. The molecule has 0 saturated carbocycles. The Morgan fingerprint density at radius 1 is 1.43 bits per heavy atom. The molecule has 0 atom stereocenters. The summed E-state index contributed by atoms with van der Waals surface area (Å²) in [5, 5.41) is 8.91. The van der Waals surface area contributed by atoms with Gasteiger partial charge >= 0.3 is 0 Å². The van der Waals surface area contributed by atoms with Crippen LogP contribution in [0.25, 0.3) is 5.57 Å². The minimum atomic E-state index is 0.0419. The van der Waals surface area contributed by atoms with E-state index in [4.69, 9.17) is 5.11 Å². The van der Waals surface area contributed by atoms with Crippen LogP contribution in [-0.4, -0.2) is 10.1 Å². The van der Waals surface area contributed by atoms with Crippen LogP contribution in [0.2, 0.25) is 0 Å². The quantitative estimate of drug-likeness (QED) is 0.582. The Bertz CT molecular complexity index is 363. The predicted molar refractivity (Wildman–Crippen MR) is 58.8 cm³/mol. The maximum atomic E-state index is 8.91. The Hall–Kier alpha value is -1.83. The van der Waals surface area contributed by atoms with E-state index in [1.165, 1.54) is 0 Å². The van der Waals surface area contributed by atoms with Crippen LogP contribution < -0.4 is 0 Å². The molecule has 0 radical (unpaired) electrons. The van der Waals surface area contributed by atoms with Crippen LogP contribution >= 0.6 is 0 Å². The lowest BCUT2D eigenvalue weighted by atomic mass is 10.1. The van der Waals surface area contributed by atoms with Gasteiger partial charge in [-0.25, -0.2) is 0 Å². The van der Waals surface area contributed by atoms with Gasteiger partial charge in [0.1, 0.15) is 5.76 Å². The molecule has 1 N–H and O–H groups in total. The fourth-order valence-corrected chi connectivity index (χ4v) is 1.05. The van der Waals surface area contributed by atoms with E-state index < -0.39 is 0 Å². The van der Waals surface area contributed by atoms with Gasteiger partial charge in [0, 0.05) is 6.20 Å². The Balaban J connectivity index is 2.90. The number of aliphatic hydroxyl groups is 1. The lowest BCUT2D eigenvalue weighted by molar-refractivity contribution is 0.435. The van der Waals surface area contributed by atoms with Gasteiger partial charge in [-0.2, -0.15) is 0 Å². The van der Waals surface area contributed by atoms with Crippen molar-refractivity contribution < 1.29 is 5.11 Å². The number of allylic oxidation sites excluding steroid dienone is 4. The first-order chi connectivity index (χ1) is 6.74. The smallest absolute Gasteiger partial charge is 0.108 e. The Morgan fingerprint density at radius 2 is 2.21 bits per heavy atom. The predicted octanol–water partition coefficient (Wildman–Crippen LogP) is 3.11. The van der Waals surface area contributed by atoms with Gasteiger partial charge in [0.05, 0.1) is 5.69 Å². The van der Waals surface area contributed by atoms with Crippen LogP contribution in [0.5, 0.6) is 0 Å². The lowest BCUT2D eigenvalue weighted by Crippen LogP contribution is -1.84. The number of aliphatic hydroxyl groups excluding tert-OH is 1. The van der Waals surface area contributed by atoms with Crippen molar-refractivity contribution in [2.75, 3.05) is 0 Å². The highest BCUT2D eigenvalue weighted by Gasteiger charge is 1.95. The number of hydrogen-bond donors (Lipinski definition) is 1. The lowest BCUT2D eigenvalue weighted by Gasteiger charge is -1.99. The molecular formula is C12H13NO. The monoisotopic (exact) mass is 187 g/mol. The van der Waals surface area contributed by atoms with Gasteiger partial charge in [-0.15, -0.1) is 0 Å². The fourth-order valence-electron chi connectivity index (χ4n) is 1.05. The number of hydrogen-bond acceptors (Lipinski definition) is 2. The number of aromatic nitrogens is 1. The summed E-state index contributed by atoms with van der Waals surface area (Å²) in [5.41, 5.74) is 1.84. The van der Waals surface area contributed by atoms with Crippen molar-refractivity contribution in [3.8, 4) is 0 Å². The summed E-state index contributed by atoms with van der Waals surface area (Å²) in [4.78, 5) is 4.20. The second kappa shape index (κ2) is 5.02. The van der Waals surface area contributed by atoms with E-state index in [-0.39, 0.29) is 5.76 Å². The molecule has 14 heavy (non-hydrogen) atoms. The molecule has 0 aromatic carbocycles. The van der Waals surface area contributed by atoms with Crippen molar-refractivity contribution in [1.82, 2.24) is 4.98 Å². The van der Waals surface area contributed by atoms with Crippen LogP contribution in [0.4, 0.5) is 0 Å². The van der Waals surface area contributed by atoms with Crippen LogP contribution in [0.15, 0.2) is 55.0 Å². The van der Waals surface area contributed by atoms with Crippen molar-refractivity contribution in [2.45, 2.75) is 6.92 Å². The van der Waals surface area contributed by atoms with Gasteiger partial charge in [0.15, 0.2) is 0 Å². The molecule has 0 fully saturated rings. The SMILES string of the molecule is C=C(O)/C=C\C(=C/C)c1ccccn1. The third kappa shape index (κ3) is 2.90. The normalized spacial score (nSPS) is 11.9. The summed E-state index contributed by atoms with van der Waals surface area (Å²) >= 11 is 0. The van der Waals surface area contributed by atoms with Gasteiger partial charge in [0.2, 0.25) is 0 Å². The highest BCUT2D eigenvalue weighted by molar-refractivity contribution is 5.71. The summed E-state index contributed by atoms with van der Waals surface area (Å²) in [6, 6.07) is 5.71. The maximum absolute atomic E-state index is 8.91. The summed E-state index contributed by atoms with van der Waals surface area (Å²) < 4.78 is 0. The first kappa shape index (κ1) is 10.3. The molecular weight excluding hydrogens is 174 g/mol. The molecule has 0 saturated heterocycles. The highest BCUT2D eigenvalue weighted by atomic mass is 16.3. The first-order valence-electron chi connectivity index (χ1n) is 4.37.